The quantitative estimate of drug-likeness (QED) is 0.542. The molecule has 2 fully saturated rings. The number of benzene rings is 1. The van der Waals surface area contributed by atoms with E-state index in [0.29, 0.717) is 24.0 Å². The Morgan fingerprint density at radius 3 is 2.72 bits per heavy atom. The number of thioether (sulfide) groups is 1. The smallest absolute Gasteiger partial charge is 0.293 e. The minimum atomic E-state index is -0.263. The van der Waals surface area contributed by atoms with Crippen LogP contribution in [-0.4, -0.2) is 46.9 Å². The third kappa shape index (κ3) is 5.31. The van der Waals surface area contributed by atoms with E-state index in [9.17, 15) is 9.59 Å². The number of nitrogens with zero attached hydrogens (tertiary/aromatic N) is 2. The third-order valence-electron chi connectivity index (χ3n) is 5.78. The molecule has 1 aliphatic heterocycles. The van der Waals surface area contributed by atoms with Gasteiger partial charge in [-0.15, -0.1) is 0 Å². The van der Waals surface area contributed by atoms with Gasteiger partial charge < -0.3 is 13.9 Å². The van der Waals surface area contributed by atoms with Crippen molar-refractivity contribution in [2.75, 3.05) is 13.7 Å². The van der Waals surface area contributed by atoms with Gasteiger partial charge in [0.1, 0.15) is 11.5 Å². The lowest BCUT2D eigenvalue weighted by Gasteiger charge is -2.28. The van der Waals surface area contributed by atoms with Gasteiger partial charge in [0.25, 0.3) is 11.1 Å². The molecule has 1 aliphatic carbocycles. The van der Waals surface area contributed by atoms with Crippen LogP contribution in [0.2, 0.25) is 0 Å². The summed E-state index contributed by atoms with van der Waals surface area (Å²) in [6.45, 7) is 4.68. The second-order valence-corrected chi connectivity index (χ2v) is 9.24. The van der Waals surface area contributed by atoms with Crippen molar-refractivity contribution in [3.8, 4) is 11.5 Å². The van der Waals surface area contributed by atoms with Gasteiger partial charge in [0.05, 0.1) is 30.3 Å². The van der Waals surface area contributed by atoms with E-state index >= 15 is 0 Å². The average Bonchev–Trinajstić information content (AvgIpc) is 3.27. The number of carbonyl (C=O) groups excluding carboxylic acids is 2. The van der Waals surface area contributed by atoms with Gasteiger partial charge in [-0.3, -0.25) is 14.5 Å². The number of aromatic nitrogens is 1. The first kappa shape index (κ1) is 22.8. The molecule has 1 aromatic carbocycles. The van der Waals surface area contributed by atoms with Crippen molar-refractivity contribution in [3.63, 3.8) is 0 Å². The zero-order chi connectivity index (χ0) is 22.7. The maximum atomic E-state index is 11.9. The third-order valence-corrected chi connectivity index (χ3v) is 6.79. The van der Waals surface area contributed by atoms with Gasteiger partial charge in [0, 0.05) is 12.6 Å². The molecular formula is C24H28N2O5S. The number of oxazole rings is 1. The number of hydrogen-bond acceptors (Lipinski definition) is 7. The van der Waals surface area contributed by atoms with Crippen molar-refractivity contribution in [1.82, 2.24) is 9.88 Å². The van der Waals surface area contributed by atoms with E-state index in [1.54, 1.807) is 6.08 Å². The highest BCUT2D eigenvalue weighted by atomic mass is 32.2. The second-order valence-electron chi connectivity index (χ2n) is 8.25. The molecule has 2 aromatic rings. The van der Waals surface area contributed by atoms with Gasteiger partial charge in [-0.05, 0) is 69.5 Å². The average molecular weight is 457 g/mol. The first-order valence-electron chi connectivity index (χ1n) is 10.9. The van der Waals surface area contributed by atoms with E-state index in [4.69, 9.17) is 13.9 Å². The Balaban J connectivity index is 1.28. The molecule has 170 valence electrons. The minimum Gasteiger partial charge on any atom is -0.441 e. The Bertz CT molecular complexity index is 1030. The lowest BCUT2D eigenvalue weighted by Crippen LogP contribution is -2.28. The highest BCUT2D eigenvalue weighted by molar-refractivity contribution is 8.18. The Morgan fingerprint density at radius 1 is 1.22 bits per heavy atom. The fraction of sp³-hybridized carbons (Fsp3) is 0.458. The normalized spacial score (nSPS) is 22.8. The van der Waals surface area contributed by atoms with E-state index in [-0.39, 0.29) is 23.4 Å². The van der Waals surface area contributed by atoms with Gasteiger partial charge in [-0.2, -0.15) is 0 Å². The Labute approximate surface area is 192 Å². The van der Waals surface area contributed by atoms with E-state index < -0.39 is 0 Å². The lowest BCUT2D eigenvalue weighted by atomic mass is 9.95. The fourth-order valence-corrected chi connectivity index (χ4v) is 4.69. The molecule has 0 N–H and O–H groups in total. The van der Waals surface area contributed by atoms with E-state index in [1.165, 1.54) is 7.05 Å². The summed E-state index contributed by atoms with van der Waals surface area (Å²) >= 11 is 0.955. The van der Waals surface area contributed by atoms with Crippen LogP contribution in [-0.2, 0) is 20.9 Å². The fourth-order valence-electron chi connectivity index (χ4n) is 3.91. The topological polar surface area (TPSA) is 81.9 Å². The molecule has 0 radical (unpaired) electrons. The number of rotatable bonds is 7. The molecule has 2 heterocycles. The van der Waals surface area contributed by atoms with E-state index in [2.05, 4.69) is 11.1 Å². The molecule has 2 amide bonds. The summed E-state index contributed by atoms with van der Waals surface area (Å²) in [6.07, 6.45) is 5.62. The number of aryl methyl sites for hydroxylation is 2. The van der Waals surface area contributed by atoms with Crippen LogP contribution in [0.4, 0.5) is 4.79 Å². The summed E-state index contributed by atoms with van der Waals surface area (Å²) in [6, 6.07) is 8.09. The van der Waals surface area contributed by atoms with Crippen LogP contribution in [0.1, 0.15) is 42.7 Å². The van der Waals surface area contributed by atoms with Crippen LogP contribution < -0.4 is 0 Å². The van der Waals surface area contributed by atoms with Crippen LogP contribution >= 0.6 is 11.8 Å². The standard InChI is InChI=1S/C24H28N2O5S/c1-15-6-4-7-17(12-15)22-25-20(16(2)31-22)14-30-19-9-5-8-18(13-19)29-11-10-21-23(27)26(3)24(28)32-21/h4,6-7,10,12,18-19H,5,8-9,11,13-14H2,1-3H3/b21-10-. The summed E-state index contributed by atoms with van der Waals surface area (Å²) in [7, 11) is 1.49. The number of likely N-dealkylation sites (N-methyl/N-ethyl adjacent to an activating group) is 1. The number of amides is 2. The molecule has 0 bridgehead atoms. The van der Waals surface area contributed by atoms with Crippen molar-refractivity contribution in [2.24, 2.45) is 0 Å². The summed E-state index contributed by atoms with van der Waals surface area (Å²) in [5.74, 6) is 1.13. The van der Waals surface area contributed by atoms with Gasteiger partial charge in [-0.1, -0.05) is 17.7 Å². The summed E-state index contributed by atoms with van der Waals surface area (Å²) in [5.41, 5.74) is 2.95. The van der Waals surface area contributed by atoms with Gasteiger partial charge in [-0.25, -0.2) is 4.98 Å². The lowest BCUT2D eigenvalue weighted by molar-refractivity contribution is -0.121. The van der Waals surface area contributed by atoms with Crippen LogP contribution in [0.25, 0.3) is 11.5 Å². The van der Waals surface area contributed by atoms with Crippen molar-refractivity contribution >= 4 is 22.9 Å². The second kappa shape index (κ2) is 10.0. The van der Waals surface area contributed by atoms with E-state index in [0.717, 1.165) is 64.9 Å². The zero-order valence-corrected chi connectivity index (χ0v) is 19.4. The molecule has 1 saturated carbocycles. The molecule has 7 nitrogen and oxygen atoms in total. The molecule has 2 unspecified atom stereocenters. The largest absolute Gasteiger partial charge is 0.441 e. The zero-order valence-electron chi connectivity index (χ0n) is 18.6. The van der Waals surface area contributed by atoms with E-state index in [1.807, 2.05) is 32.0 Å². The molecule has 1 saturated heterocycles. The molecular weight excluding hydrogens is 428 g/mol. The number of ether oxygens (including phenoxy) is 2. The van der Waals surface area contributed by atoms with Crippen molar-refractivity contribution in [2.45, 2.75) is 58.3 Å². The maximum Gasteiger partial charge on any atom is 0.293 e. The predicted octanol–water partition coefficient (Wildman–Crippen LogP) is 5.01. The number of hydrogen-bond donors (Lipinski definition) is 0. The van der Waals surface area contributed by atoms with Crippen molar-refractivity contribution in [1.29, 1.82) is 0 Å². The van der Waals surface area contributed by atoms with Gasteiger partial charge >= 0.3 is 0 Å². The first-order valence-corrected chi connectivity index (χ1v) is 11.7. The number of carbonyl (C=O) groups is 2. The Morgan fingerprint density at radius 2 is 2.00 bits per heavy atom. The summed E-state index contributed by atoms with van der Waals surface area (Å²) in [5, 5.41) is -0.249. The summed E-state index contributed by atoms with van der Waals surface area (Å²) in [4.78, 5) is 29.7. The molecule has 8 heteroatoms. The minimum absolute atomic E-state index is 0.0711. The molecule has 0 spiro atoms. The van der Waals surface area contributed by atoms with Gasteiger partial charge in [0.15, 0.2) is 0 Å². The van der Waals surface area contributed by atoms with Crippen LogP contribution in [0.5, 0.6) is 0 Å². The number of imide groups is 1. The Hall–Kier alpha value is -2.42. The molecule has 4 rings (SSSR count). The predicted molar refractivity (Wildman–Crippen MR) is 122 cm³/mol. The maximum absolute atomic E-state index is 11.9. The monoisotopic (exact) mass is 456 g/mol. The highest BCUT2D eigenvalue weighted by Gasteiger charge is 2.31. The molecule has 32 heavy (non-hydrogen) atoms. The van der Waals surface area contributed by atoms with Gasteiger partial charge in [0.2, 0.25) is 5.89 Å². The Kier molecular flexibility index (Phi) is 7.13. The SMILES string of the molecule is Cc1cccc(-c2nc(COC3CCCC(OC/C=C4\SC(=O)N(C)C4=O)C3)c(C)o2)c1. The van der Waals surface area contributed by atoms with Crippen LogP contribution in [0.3, 0.4) is 0 Å². The summed E-state index contributed by atoms with van der Waals surface area (Å²) < 4.78 is 18.0. The molecule has 2 atom stereocenters. The van der Waals surface area contributed by atoms with Crippen molar-refractivity contribution in [3.05, 3.63) is 52.3 Å². The van der Waals surface area contributed by atoms with Crippen molar-refractivity contribution < 1.29 is 23.5 Å². The molecule has 2 aliphatic rings. The van der Waals surface area contributed by atoms with Crippen LogP contribution in [0, 0.1) is 13.8 Å². The van der Waals surface area contributed by atoms with Crippen LogP contribution in [0.15, 0.2) is 39.7 Å². The first-order chi connectivity index (χ1) is 15.4. The highest BCUT2D eigenvalue weighted by Crippen LogP contribution is 2.30. The molecule has 1 aromatic heterocycles.